The van der Waals surface area contributed by atoms with Gasteiger partial charge in [-0.15, -0.1) is 0 Å². The number of carbonyl (C=O) groups excluding carboxylic acids is 1. The summed E-state index contributed by atoms with van der Waals surface area (Å²) in [6.45, 7) is 7.79. The van der Waals surface area contributed by atoms with Crippen LogP contribution in [-0.2, 0) is 22.6 Å². The smallest absolute Gasteiger partial charge is 0.244 e. The second-order valence-corrected chi connectivity index (χ2v) is 7.87. The van der Waals surface area contributed by atoms with Gasteiger partial charge < -0.3 is 19.5 Å². The van der Waals surface area contributed by atoms with Crippen molar-refractivity contribution in [3.05, 3.63) is 65.2 Å². The highest BCUT2D eigenvalue weighted by molar-refractivity contribution is 5.91. The zero-order valence-electron chi connectivity index (χ0n) is 19.1. The number of carbonyl (C=O) groups is 1. The lowest BCUT2D eigenvalue weighted by Gasteiger charge is -2.26. The third kappa shape index (κ3) is 7.70. The number of hydrogen-bond donors (Lipinski definition) is 1. The van der Waals surface area contributed by atoms with Gasteiger partial charge in [0.2, 0.25) is 5.91 Å². The van der Waals surface area contributed by atoms with Crippen LogP contribution in [-0.4, -0.2) is 50.8 Å². The Balaban J connectivity index is 1.46. The van der Waals surface area contributed by atoms with Crippen molar-refractivity contribution in [1.82, 2.24) is 10.2 Å². The number of morpholine rings is 1. The van der Waals surface area contributed by atoms with Crippen molar-refractivity contribution >= 4 is 12.0 Å². The zero-order chi connectivity index (χ0) is 22.6. The Bertz CT molecular complexity index is 874. The van der Waals surface area contributed by atoms with Gasteiger partial charge in [-0.1, -0.05) is 43.7 Å². The van der Waals surface area contributed by atoms with Gasteiger partial charge in [0.25, 0.3) is 0 Å². The van der Waals surface area contributed by atoms with E-state index in [4.69, 9.17) is 14.2 Å². The van der Waals surface area contributed by atoms with Crippen molar-refractivity contribution in [3.8, 4) is 11.5 Å². The van der Waals surface area contributed by atoms with Crippen LogP contribution in [0.5, 0.6) is 11.5 Å². The molecule has 172 valence electrons. The number of ether oxygens (including phenoxy) is 3. The highest BCUT2D eigenvalue weighted by Crippen LogP contribution is 2.28. The molecule has 0 unspecified atom stereocenters. The summed E-state index contributed by atoms with van der Waals surface area (Å²) in [6.07, 6.45) is 5.40. The summed E-state index contributed by atoms with van der Waals surface area (Å²) in [5.74, 6) is 1.25. The summed E-state index contributed by atoms with van der Waals surface area (Å²) in [5.41, 5.74) is 3.23. The minimum absolute atomic E-state index is 0.135. The van der Waals surface area contributed by atoms with Gasteiger partial charge in [0.05, 0.1) is 26.9 Å². The van der Waals surface area contributed by atoms with E-state index in [1.165, 1.54) is 5.56 Å². The molecule has 1 aliphatic rings. The Hall–Kier alpha value is -2.83. The maximum atomic E-state index is 12.2. The van der Waals surface area contributed by atoms with E-state index < -0.39 is 0 Å². The van der Waals surface area contributed by atoms with Gasteiger partial charge in [0, 0.05) is 32.3 Å². The highest BCUT2D eigenvalue weighted by Gasteiger charge is 2.10. The number of hydrogen-bond acceptors (Lipinski definition) is 5. The summed E-state index contributed by atoms with van der Waals surface area (Å²) in [4.78, 5) is 14.6. The number of nitrogens with one attached hydrogen (secondary N) is 1. The topological polar surface area (TPSA) is 60.0 Å². The van der Waals surface area contributed by atoms with E-state index in [-0.39, 0.29) is 5.91 Å². The van der Waals surface area contributed by atoms with E-state index in [1.54, 1.807) is 19.3 Å². The van der Waals surface area contributed by atoms with Crippen molar-refractivity contribution in [2.75, 3.05) is 40.0 Å². The Labute approximate surface area is 191 Å². The van der Waals surface area contributed by atoms with Gasteiger partial charge in [-0.05, 0) is 41.3 Å². The average molecular weight is 439 g/mol. The normalized spacial score (nSPS) is 14.4. The van der Waals surface area contributed by atoms with Gasteiger partial charge in [0.15, 0.2) is 11.5 Å². The summed E-state index contributed by atoms with van der Waals surface area (Å²) in [7, 11) is 1.62. The molecule has 0 bridgehead atoms. The lowest BCUT2D eigenvalue weighted by molar-refractivity contribution is -0.116. The molecular formula is C26H34N2O4. The lowest BCUT2D eigenvalue weighted by Crippen LogP contribution is -2.35. The predicted molar refractivity (Wildman–Crippen MR) is 127 cm³/mol. The van der Waals surface area contributed by atoms with E-state index in [2.05, 4.69) is 41.4 Å². The number of methoxy groups -OCH3 is 1. The first-order valence-electron chi connectivity index (χ1n) is 11.3. The van der Waals surface area contributed by atoms with E-state index in [9.17, 15) is 4.79 Å². The lowest BCUT2D eigenvalue weighted by atomic mass is 10.1. The summed E-state index contributed by atoms with van der Waals surface area (Å²) in [5, 5.41) is 2.94. The number of rotatable bonds is 11. The van der Waals surface area contributed by atoms with Crippen molar-refractivity contribution in [2.45, 2.75) is 32.9 Å². The van der Waals surface area contributed by atoms with Gasteiger partial charge in [0.1, 0.15) is 0 Å². The van der Waals surface area contributed by atoms with Crippen molar-refractivity contribution in [3.63, 3.8) is 0 Å². The molecule has 1 fully saturated rings. The largest absolute Gasteiger partial charge is 0.493 e. The molecule has 32 heavy (non-hydrogen) atoms. The predicted octanol–water partition coefficient (Wildman–Crippen LogP) is 4.04. The molecule has 0 atom stereocenters. The third-order valence-electron chi connectivity index (χ3n) is 5.37. The molecule has 0 spiro atoms. The number of nitrogens with zero attached hydrogens (tertiary/aromatic N) is 1. The van der Waals surface area contributed by atoms with Crippen LogP contribution in [0.25, 0.3) is 6.08 Å². The molecule has 6 nitrogen and oxygen atoms in total. The fraction of sp³-hybridized carbons (Fsp3) is 0.423. The summed E-state index contributed by atoms with van der Waals surface area (Å²) < 4.78 is 16.6. The first-order chi connectivity index (χ1) is 15.7. The van der Waals surface area contributed by atoms with Crippen LogP contribution in [0.15, 0.2) is 48.5 Å². The van der Waals surface area contributed by atoms with Crippen molar-refractivity contribution < 1.29 is 19.0 Å². The average Bonchev–Trinajstić information content (AvgIpc) is 2.83. The van der Waals surface area contributed by atoms with Gasteiger partial charge in [-0.25, -0.2) is 0 Å². The second kappa shape index (κ2) is 12.9. The van der Waals surface area contributed by atoms with Crippen LogP contribution in [0.3, 0.4) is 0 Å². The molecule has 1 N–H and O–H groups in total. The number of benzene rings is 2. The molecule has 1 saturated heterocycles. The molecule has 2 aromatic rings. The van der Waals surface area contributed by atoms with Crippen molar-refractivity contribution in [1.29, 1.82) is 0 Å². The van der Waals surface area contributed by atoms with E-state index in [1.807, 2.05) is 18.2 Å². The van der Waals surface area contributed by atoms with Crippen LogP contribution in [0.4, 0.5) is 0 Å². The standard InChI is InChI=1S/C26H34N2O4/c1-3-4-15-32-24-11-9-21(18-25(24)30-2)10-12-26(29)27-19-22-5-7-23(8-6-22)20-28-13-16-31-17-14-28/h5-12,18H,3-4,13-17,19-20H2,1-2H3,(H,27,29)/b12-10+. The van der Waals surface area contributed by atoms with Crippen molar-refractivity contribution in [2.24, 2.45) is 0 Å². The number of amides is 1. The molecule has 6 heteroatoms. The van der Waals surface area contributed by atoms with Crippen LogP contribution < -0.4 is 14.8 Å². The third-order valence-corrected chi connectivity index (χ3v) is 5.37. The molecule has 2 aromatic carbocycles. The Morgan fingerprint density at radius 1 is 1.09 bits per heavy atom. The van der Waals surface area contributed by atoms with Crippen LogP contribution in [0.2, 0.25) is 0 Å². The quantitative estimate of drug-likeness (QED) is 0.424. The molecule has 0 saturated carbocycles. The molecule has 0 aromatic heterocycles. The maximum Gasteiger partial charge on any atom is 0.244 e. The van der Waals surface area contributed by atoms with E-state index in [0.717, 1.165) is 62.6 Å². The highest BCUT2D eigenvalue weighted by atomic mass is 16.5. The first kappa shape index (κ1) is 23.8. The van der Waals surface area contributed by atoms with E-state index in [0.29, 0.717) is 18.9 Å². The Morgan fingerprint density at radius 3 is 2.56 bits per heavy atom. The van der Waals surface area contributed by atoms with Crippen LogP contribution in [0, 0.1) is 0 Å². The molecule has 3 rings (SSSR count). The SMILES string of the molecule is CCCCOc1ccc(/C=C/C(=O)NCc2ccc(CN3CCOCC3)cc2)cc1OC. The maximum absolute atomic E-state index is 12.2. The molecule has 0 radical (unpaired) electrons. The minimum Gasteiger partial charge on any atom is -0.493 e. The molecule has 1 aliphatic heterocycles. The fourth-order valence-electron chi connectivity index (χ4n) is 3.43. The Morgan fingerprint density at radius 2 is 1.84 bits per heavy atom. The fourth-order valence-corrected chi connectivity index (χ4v) is 3.43. The van der Waals surface area contributed by atoms with Gasteiger partial charge in [-0.2, -0.15) is 0 Å². The van der Waals surface area contributed by atoms with Gasteiger partial charge in [-0.3, -0.25) is 9.69 Å². The Kier molecular flexibility index (Phi) is 9.60. The molecular weight excluding hydrogens is 404 g/mol. The molecule has 1 heterocycles. The molecule has 0 aliphatic carbocycles. The zero-order valence-corrected chi connectivity index (χ0v) is 19.1. The van der Waals surface area contributed by atoms with E-state index >= 15 is 0 Å². The number of unbranched alkanes of at least 4 members (excludes halogenated alkanes) is 1. The summed E-state index contributed by atoms with van der Waals surface area (Å²) in [6, 6.07) is 14.1. The molecule has 1 amide bonds. The van der Waals surface area contributed by atoms with Crippen LogP contribution >= 0.6 is 0 Å². The monoisotopic (exact) mass is 438 g/mol. The first-order valence-corrected chi connectivity index (χ1v) is 11.3. The van der Waals surface area contributed by atoms with Crippen LogP contribution in [0.1, 0.15) is 36.5 Å². The van der Waals surface area contributed by atoms with Gasteiger partial charge >= 0.3 is 0 Å². The minimum atomic E-state index is -0.135. The summed E-state index contributed by atoms with van der Waals surface area (Å²) >= 11 is 0. The second-order valence-electron chi connectivity index (χ2n) is 7.87.